The van der Waals surface area contributed by atoms with Crippen LogP contribution in [0, 0.1) is 0 Å². The van der Waals surface area contributed by atoms with E-state index in [0.29, 0.717) is 0 Å². The topological polar surface area (TPSA) is 556 Å². The average Bonchev–Trinajstić information content (AvgIpc) is 0.883. The van der Waals surface area contributed by atoms with Crippen LogP contribution in [0.4, 0.5) is 4.79 Å². The molecule has 5 heterocycles. The van der Waals surface area contributed by atoms with Gasteiger partial charge in [0.05, 0.1) is 51.8 Å². The zero-order valence-electron chi connectivity index (χ0n) is 51.0. The fraction of sp³-hybridized carbons (Fsp3) is 0.690. The van der Waals surface area contributed by atoms with Crippen molar-refractivity contribution in [2.24, 2.45) is 0 Å². The maximum absolute atomic E-state index is 13.7. The first kappa shape index (κ1) is 74.1. The van der Waals surface area contributed by atoms with Gasteiger partial charge in [-0.3, -0.25) is 19.2 Å². The molecule has 0 spiro atoms. The lowest BCUT2D eigenvalue weighted by atomic mass is 9.87. The zero-order chi connectivity index (χ0) is 68.8. The van der Waals surface area contributed by atoms with Gasteiger partial charge in [0.25, 0.3) is 0 Å². The van der Waals surface area contributed by atoms with Crippen LogP contribution in [0.1, 0.15) is 51.2 Å². The van der Waals surface area contributed by atoms with E-state index in [1.807, 2.05) is 36.4 Å². The molecule has 6 aliphatic rings. The molecule has 36 nitrogen and oxygen atoms in total. The minimum absolute atomic E-state index is 0.242. The van der Waals surface area contributed by atoms with E-state index >= 15 is 0 Å². The van der Waals surface area contributed by atoms with E-state index in [0.717, 1.165) is 49.9 Å². The monoisotopic (exact) mass is 1350 g/mol. The number of alkyl carbamates (subject to hydrolysis) is 1. The lowest BCUT2D eigenvalue weighted by Crippen LogP contribution is -2.71. The van der Waals surface area contributed by atoms with Crippen LogP contribution in [0.5, 0.6) is 0 Å². The Labute approximate surface area is 535 Å². The molecular formula is C58H82N4O32. The molecule has 2 aromatic carbocycles. The van der Waals surface area contributed by atoms with Gasteiger partial charge in [-0.25, -0.2) is 9.59 Å². The quantitative estimate of drug-likeness (QED) is 0.0416. The summed E-state index contributed by atoms with van der Waals surface area (Å²) in [5.74, 6) is -8.62. The first-order valence-electron chi connectivity index (χ1n) is 30.0. The number of rotatable bonds is 26. The number of carboxylic acid groups (broad SMARTS) is 1. The van der Waals surface area contributed by atoms with Crippen molar-refractivity contribution in [2.45, 2.75) is 205 Å². The zero-order valence-corrected chi connectivity index (χ0v) is 51.0. The highest BCUT2D eigenvalue weighted by atomic mass is 16.8. The largest absolute Gasteiger partial charge is 0.480 e. The number of hydrogen-bond donors (Lipinski definition) is 19. The molecule has 7 unspecified atom stereocenters. The Morgan fingerprint density at radius 2 is 1.05 bits per heavy atom. The van der Waals surface area contributed by atoms with Crippen molar-refractivity contribution in [3.63, 3.8) is 0 Å². The molecule has 0 radical (unpaired) electrons. The number of aliphatic hydroxyl groups excluding tert-OH is 14. The van der Waals surface area contributed by atoms with Gasteiger partial charge in [0.15, 0.2) is 37.0 Å². The minimum Gasteiger partial charge on any atom is -0.480 e. The molecule has 8 rings (SSSR count). The number of aliphatic hydroxyl groups is 14. The highest BCUT2D eigenvalue weighted by Crippen LogP contribution is 2.45. The van der Waals surface area contributed by atoms with Gasteiger partial charge in [-0.2, -0.15) is 0 Å². The SMILES string of the molecule is CC(=O)N[C@H]1[C@@H](C(O)C(O)CO)O[C@@](OC2[C@@H](O)[C@H](OC3[C@@H](COC4O[C@H](CO)[C@@H](OC5O[C@H](CO)[C@H](O)[C@H](O)[C@H]5O)[C@H](O)[C@H]4NC(C)=O)O[C@@H](OCC(NC(=O)OCC4c5ccccc5-c5ccccc54)C(=O)O)[C@H](NC(C)=O)[C@H]3O)O[C@H](CO)[C@@H]2O)(C(C)=O)C[C@@H]1O. The van der Waals surface area contributed by atoms with E-state index in [4.69, 9.17) is 52.1 Å². The molecule has 0 bridgehead atoms. The predicted octanol–water partition coefficient (Wildman–Crippen LogP) is -8.77. The fourth-order valence-corrected chi connectivity index (χ4v) is 12.2. The predicted molar refractivity (Wildman–Crippen MR) is 305 cm³/mol. The van der Waals surface area contributed by atoms with E-state index in [2.05, 4.69) is 21.3 Å². The van der Waals surface area contributed by atoms with E-state index < -0.39 is 253 Å². The Kier molecular flexibility index (Phi) is 25.3. The Morgan fingerprint density at radius 3 is 1.57 bits per heavy atom. The second kappa shape index (κ2) is 32.1. The average molecular weight is 1350 g/mol. The lowest BCUT2D eigenvalue weighted by molar-refractivity contribution is -0.382. The van der Waals surface area contributed by atoms with Crippen LogP contribution >= 0.6 is 0 Å². The van der Waals surface area contributed by atoms with Gasteiger partial charge in [-0.15, -0.1) is 0 Å². The van der Waals surface area contributed by atoms with Crippen LogP contribution in [-0.2, 0) is 76.1 Å². The third-order valence-corrected chi connectivity index (χ3v) is 17.0. The summed E-state index contributed by atoms with van der Waals surface area (Å²) in [4.78, 5) is 78.1. The number of Topliss-reactive ketones (excluding diaryl/α,β-unsaturated/α-hetero) is 1. The number of benzene rings is 2. The van der Waals surface area contributed by atoms with Gasteiger partial charge in [-0.05, 0) is 22.3 Å². The number of ketones is 1. The fourth-order valence-electron chi connectivity index (χ4n) is 12.2. The summed E-state index contributed by atoms with van der Waals surface area (Å²) in [6.45, 7) is -2.54. The number of ether oxygens (including phenoxy) is 11. The van der Waals surface area contributed by atoms with Crippen LogP contribution in [0.2, 0.25) is 0 Å². The summed E-state index contributed by atoms with van der Waals surface area (Å²) < 4.78 is 65.2. The molecule has 5 aliphatic heterocycles. The van der Waals surface area contributed by atoms with Crippen LogP contribution in [0.15, 0.2) is 48.5 Å². The van der Waals surface area contributed by atoms with Gasteiger partial charge >= 0.3 is 12.1 Å². The number of hydrogen-bond acceptors (Lipinski definition) is 31. The Balaban J connectivity index is 1.09. The molecule has 4 amide bonds. The normalized spacial score (nSPS) is 37.6. The Hall–Kier alpha value is -5.70. The van der Waals surface area contributed by atoms with Gasteiger partial charge < -0.3 is 150 Å². The molecule has 0 saturated carbocycles. The Bertz CT molecular complexity index is 2870. The first-order valence-corrected chi connectivity index (χ1v) is 30.0. The molecule has 94 heavy (non-hydrogen) atoms. The first-order chi connectivity index (χ1) is 44.6. The molecule has 36 heteroatoms. The number of nitrogens with one attached hydrogen (secondary N) is 4. The van der Waals surface area contributed by atoms with Gasteiger partial charge in [0.1, 0.15) is 122 Å². The van der Waals surface area contributed by atoms with Gasteiger partial charge in [0, 0.05) is 40.0 Å². The molecule has 19 N–H and O–H groups in total. The van der Waals surface area contributed by atoms with E-state index in [-0.39, 0.29) is 6.61 Å². The number of carbonyl (C=O) groups excluding carboxylic acids is 5. The van der Waals surface area contributed by atoms with E-state index in [1.165, 1.54) is 0 Å². The number of fused-ring (bicyclic) bond motifs is 3. The molecule has 27 atom stereocenters. The van der Waals surface area contributed by atoms with E-state index in [1.54, 1.807) is 12.1 Å². The number of carboxylic acids is 1. The van der Waals surface area contributed by atoms with Crippen molar-refractivity contribution in [3.8, 4) is 11.1 Å². The van der Waals surface area contributed by atoms with Crippen molar-refractivity contribution >= 4 is 35.6 Å². The number of amides is 4. The molecule has 2 aromatic rings. The number of aliphatic carboxylic acids is 1. The summed E-state index contributed by atoms with van der Waals surface area (Å²) in [6.07, 6.45) is -46.2. The maximum atomic E-state index is 13.7. The summed E-state index contributed by atoms with van der Waals surface area (Å²) in [5, 5.41) is 173. The van der Waals surface area contributed by atoms with Crippen molar-refractivity contribution in [3.05, 3.63) is 59.7 Å². The molecule has 1 aliphatic carbocycles. The lowest BCUT2D eigenvalue weighted by Gasteiger charge is -2.51. The van der Waals surface area contributed by atoms with Crippen LogP contribution in [-0.4, -0.2) is 323 Å². The smallest absolute Gasteiger partial charge is 0.407 e. The van der Waals surface area contributed by atoms with Crippen molar-refractivity contribution in [1.82, 2.24) is 21.3 Å². The van der Waals surface area contributed by atoms with Gasteiger partial charge in [0.2, 0.25) is 23.5 Å². The Morgan fingerprint density at radius 1 is 0.564 bits per heavy atom. The standard InChI is InChI=1S/C58H82N4O32/c1-21(67)58(13-31(71)37(59-22(2)68)50(93-58)40(73)32(72)14-63)94-51-42(75)34(16-65)88-56(47(51)80)92-49-36(20-85-54-38(60-23(3)69)43(76)48(35(17-66)89-54)91-55-46(79)45(78)41(74)33(15-64)87-55)90-53(39(44(49)77)61-24(4)70)84-19-30(52(81)82)62-57(83)86-18-29-27-11-7-5-9-25(27)26-10-6-8-12-28(26)29/h5-12,29-51,53-56,63-66,71-80H,13-20H2,1-4H3,(H,59,68)(H,60,69)(H,61,70)(H,62,83)(H,81,82)/t30?,31-,32?,33+,34+,35+,36+,37+,38+,39+,40?,41-,42-,43+,44+,45-,46+,47+,48+,49?,50-,51?,53+,54?,55?,56-,58-/m0/s1. The van der Waals surface area contributed by atoms with Crippen molar-refractivity contribution in [2.75, 3.05) is 46.2 Å². The summed E-state index contributed by atoms with van der Waals surface area (Å²) in [6, 6.07) is 7.63. The van der Waals surface area contributed by atoms with Crippen LogP contribution < -0.4 is 21.3 Å². The molecule has 5 fully saturated rings. The van der Waals surface area contributed by atoms with Crippen LogP contribution in [0.25, 0.3) is 11.1 Å². The molecule has 5 saturated heterocycles. The summed E-state index contributed by atoms with van der Waals surface area (Å²) in [7, 11) is 0. The second-order valence-corrected chi connectivity index (χ2v) is 23.5. The molecular weight excluding hydrogens is 1260 g/mol. The molecule has 0 aromatic heterocycles. The third kappa shape index (κ3) is 16.3. The van der Waals surface area contributed by atoms with Crippen molar-refractivity contribution < 1.29 is 157 Å². The summed E-state index contributed by atoms with van der Waals surface area (Å²) in [5.41, 5.74) is 3.49. The van der Waals surface area contributed by atoms with E-state index in [9.17, 15) is 105 Å². The van der Waals surface area contributed by atoms with Crippen molar-refractivity contribution in [1.29, 1.82) is 0 Å². The third-order valence-electron chi connectivity index (χ3n) is 17.0. The maximum Gasteiger partial charge on any atom is 0.407 e. The molecule has 526 valence electrons. The van der Waals surface area contributed by atoms with Gasteiger partial charge in [-0.1, -0.05) is 48.5 Å². The van der Waals surface area contributed by atoms with Crippen LogP contribution in [0.3, 0.4) is 0 Å². The minimum atomic E-state index is -2.83. The highest BCUT2D eigenvalue weighted by Gasteiger charge is 2.60. The summed E-state index contributed by atoms with van der Waals surface area (Å²) >= 11 is 0. The second-order valence-electron chi connectivity index (χ2n) is 23.5. The highest BCUT2D eigenvalue weighted by molar-refractivity contribution is 5.84. The number of carbonyl (C=O) groups is 6.